The van der Waals surface area contributed by atoms with Crippen molar-refractivity contribution in [1.82, 2.24) is 0 Å². The third kappa shape index (κ3) is 6.22. The summed E-state index contributed by atoms with van der Waals surface area (Å²) in [5.74, 6) is -2.28. The zero-order chi connectivity index (χ0) is 24.9. The van der Waals surface area contributed by atoms with Gasteiger partial charge in [-0.25, -0.2) is 9.59 Å². The highest BCUT2D eigenvalue weighted by Crippen LogP contribution is 2.43. The lowest BCUT2D eigenvalue weighted by atomic mass is 9.73. The summed E-state index contributed by atoms with van der Waals surface area (Å²) in [6.07, 6.45) is 10.1. The zero-order valence-electron chi connectivity index (χ0n) is 19.9. The van der Waals surface area contributed by atoms with Crippen LogP contribution in [0.15, 0.2) is 85.0 Å². The molecule has 34 heavy (non-hydrogen) atoms. The van der Waals surface area contributed by atoms with Gasteiger partial charge in [0.05, 0.1) is 13.2 Å². The first-order chi connectivity index (χ1) is 16.4. The average Bonchev–Trinajstić information content (AvgIpc) is 2.88. The molecule has 0 amide bonds. The van der Waals surface area contributed by atoms with E-state index in [1.54, 1.807) is 36.4 Å². The van der Waals surface area contributed by atoms with Gasteiger partial charge in [0, 0.05) is 0 Å². The molecule has 0 saturated heterocycles. The molecule has 182 valence electrons. The molecular weight excluding hydrogens is 432 g/mol. The first-order valence-corrected chi connectivity index (χ1v) is 11.6. The second-order valence-corrected chi connectivity index (χ2v) is 7.76. The Morgan fingerprint density at radius 3 is 1.35 bits per heavy atom. The van der Waals surface area contributed by atoms with Crippen LogP contribution in [0, 0.1) is 0 Å². The molecule has 6 nitrogen and oxygen atoms in total. The maximum atomic E-state index is 13.4. The first-order valence-electron chi connectivity index (χ1n) is 11.6. The molecule has 0 saturated carbocycles. The molecule has 0 spiro atoms. The van der Waals surface area contributed by atoms with E-state index in [9.17, 15) is 19.8 Å². The van der Waals surface area contributed by atoms with Crippen LogP contribution in [0.5, 0.6) is 0 Å². The molecule has 2 N–H and O–H groups in total. The number of ether oxygens (including phenoxy) is 2. The highest BCUT2D eigenvalue weighted by atomic mass is 16.6. The highest BCUT2D eigenvalue weighted by Gasteiger charge is 2.64. The van der Waals surface area contributed by atoms with Crippen LogP contribution in [0.1, 0.15) is 50.7 Å². The molecule has 0 heterocycles. The molecule has 2 rings (SSSR count). The topological polar surface area (TPSA) is 93.1 Å². The van der Waals surface area contributed by atoms with Crippen LogP contribution in [-0.2, 0) is 30.3 Å². The van der Waals surface area contributed by atoms with Gasteiger partial charge in [-0.2, -0.15) is 0 Å². The van der Waals surface area contributed by atoms with Gasteiger partial charge in [-0.05, 0) is 36.8 Å². The normalized spacial score (nSPS) is 15.1. The van der Waals surface area contributed by atoms with Crippen molar-refractivity contribution >= 4 is 11.9 Å². The maximum Gasteiger partial charge on any atom is 0.347 e. The summed E-state index contributed by atoms with van der Waals surface area (Å²) >= 11 is 0. The number of rotatable bonds is 13. The Kier molecular flexibility index (Phi) is 10.7. The van der Waals surface area contributed by atoms with Crippen LogP contribution in [0.3, 0.4) is 0 Å². The van der Waals surface area contributed by atoms with Gasteiger partial charge in [0.2, 0.25) is 11.2 Å². The molecule has 0 aliphatic carbocycles. The van der Waals surface area contributed by atoms with E-state index >= 15 is 0 Å². The van der Waals surface area contributed by atoms with Crippen LogP contribution >= 0.6 is 0 Å². The van der Waals surface area contributed by atoms with Crippen molar-refractivity contribution in [3.8, 4) is 0 Å². The van der Waals surface area contributed by atoms with Crippen molar-refractivity contribution in [3.63, 3.8) is 0 Å². The molecule has 0 bridgehead atoms. The molecule has 0 fully saturated rings. The van der Waals surface area contributed by atoms with E-state index in [-0.39, 0.29) is 24.3 Å². The summed E-state index contributed by atoms with van der Waals surface area (Å²) in [6.45, 7) is 3.93. The van der Waals surface area contributed by atoms with E-state index in [0.717, 1.165) is 12.8 Å². The predicted octanol–water partition coefficient (Wildman–Crippen LogP) is 4.56. The quantitative estimate of drug-likeness (QED) is 0.255. The summed E-state index contributed by atoms with van der Waals surface area (Å²) in [5, 5.41) is 23.8. The minimum atomic E-state index is -2.75. The van der Waals surface area contributed by atoms with Crippen molar-refractivity contribution in [2.75, 3.05) is 13.2 Å². The van der Waals surface area contributed by atoms with Gasteiger partial charge in [0.15, 0.2) is 0 Å². The lowest BCUT2D eigenvalue weighted by molar-refractivity contribution is -0.220. The predicted molar refractivity (Wildman–Crippen MR) is 131 cm³/mol. The van der Waals surface area contributed by atoms with E-state index < -0.39 is 23.1 Å². The summed E-state index contributed by atoms with van der Waals surface area (Å²) in [4.78, 5) is 26.7. The molecule has 2 aromatic rings. The Balaban J connectivity index is 2.51. The lowest BCUT2D eigenvalue weighted by Gasteiger charge is -2.40. The van der Waals surface area contributed by atoms with Crippen molar-refractivity contribution in [2.45, 2.75) is 50.7 Å². The SMILES string of the molecule is CC/C=C\CCOC(=O)C(O)(c1ccccc1)C(O)(C(=O)OCC/C=C\CC)c1ccccc1. The Morgan fingerprint density at radius 2 is 1.03 bits per heavy atom. The van der Waals surface area contributed by atoms with Gasteiger partial charge in [-0.3, -0.25) is 0 Å². The lowest BCUT2D eigenvalue weighted by Crippen LogP contribution is -2.60. The number of aliphatic hydroxyl groups is 2. The van der Waals surface area contributed by atoms with Crippen molar-refractivity contribution in [3.05, 3.63) is 96.1 Å². The fourth-order valence-electron chi connectivity index (χ4n) is 3.52. The first kappa shape index (κ1) is 27.0. The van der Waals surface area contributed by atoms with Crippen molar-refractivity contribution in [2.24, 2.45) is 0 Å². The second-order valence-electron chi connectivity index (χ2n) is 7.76. The largest absolute Gasteiger partial charge is 0.463 e. The highest BCUT2D eigenvalue weighted by molar-refractivity contribution is 5.94. The molecule has 2 unspecified atom stereocenters. The van der Waals surface area contributed by atoms with Crippen LogP contribution < -0.4 is 0 Å². The molecule has 6 heteroatoms. The second kappa shape index (κ2) is 13.5. The third-order valence-electron chi connectivity index (χ3n) is 5.34. The number of carbonyl (C=O) groups excluding carboxylic acids is 2. The molecule has 0 aliphatic rings. The minimum absolute atomic E-state index is 0.0123. The van der Waals surface area contributed by atoms with Crippen LogP contribution in [0.4, 0.5) is 0 Å². The summed E-state index contributed by atoms with van der Waals surface area (Å²) in [6, 6.07) is 15.6. The zero-order valence-corrected chi connectivity index (χ0v) is 19.9. The summed E-state index contributed by atoms with van der Waals surface area (Å²) in [5.41, 5.74) is -5.47. The van der Waals surface area contributed by atoms with Crippen LogP contribution in [0.2, 0.25) is 0 Å². The summed E-state index contributed by atoms with van der Waals surface area (Å²) < 4.78 is 10.7. The number of carbonyl (C=O) groups is 2. The number of esters is 2. The van der Waals surface area contributed by atoms with Gasteiger partial charge in [0.1, 0.15) is 0 Å². The molecule has 0 aliphatic heterocycles. The molecule has 0 radical (unpaired) electrons. The number of hydrogen-bond acceptors (Lipinski definition) is 6. The average molecular weight is 467 g/mol. The Morgan fingerprint density at radius 1 is 0.676 bits per heavy atom. The van der Waals surface area contributed by atoms with Gasteiger partial charge in [0.25, 0.3) is 0 Å². The fraction of sp³-hybridized carbons (Fsp3) is 0.357. The Bertz CT molecular complexity index is 874. The smallest absolute Gasteiger partial charge is 0.347 e. The van der Waals surface area contributed by atoms with Crippen LogP contribution in [0.25, 0.3) is 0 Å². The standard InChI is InChI=1S/C28H34O6/c1-3-5-7-15-21-33-25(29)27(31,23-17-11-9-12-18-23)28(32,24-19-13-10-14-20-24)26(30)34-22-16-8-6-4-2/h5-14,17-20,31-32H,3-4,15-16,21-22H2,1-2H3/b7-5-,8-6-. The third-order valence-corrected chi connectivity index (χ3v) is 5.34. The van der Waals surface area contributed by atoms with Gasteiger partial charge >= 0.3 is 11.9 Å². The monoisotopic (exact) mass is 466 g/mol. The van der Waals surface area contributed by atoms with Gasteiger partial charge < -0.3 is 19.7 Å². The number of hydrogen-bond donors (Lipinski definition) is 2. The maximum absolute atomic E-state index is 13.4. The molecular formula is C28H34O6. The summed E-state index contributed by atoms with van der Waals surface area (Å²) in [7, 11) is 0. The van der Waals surface area contributed by atoms with E-state index in [0.29, 0.717) is 12.8 Å². The van der Waals surface area contributed by atoms with Gasteiger partial charge in [-0.1, -0.05) is 98.8 Å². The minimum Gasteiger partial charge on any atom is -0.463 e. The van der Waals surface area contributed by atoms with Gasteiger partial charge in [-0.15, -0.1) is 0 Å². The molecule has 2 aromatic carbocycles. The van der Waals surface area contributed by atoms with Crippen molar-refractivity contribution < 1.29 is 29.3 Å². The van der Waals surface area contributed by atoms with Crippen LogP contribution in [-0.4, -0.2) is 35.4 Å². The van der Waals surface area contributed by atoms with E-state index in [1.807, 2.05) is 38.2 Å². The number of allylic oxidation sites excluding steroid dienone is 2. The van der Waals surface area contributed by atoms with E-state index in [1.165, 1.54) is 24.3 Å². The molecule has 2 atom stereocenters. The Labute approximate surface area is 201 Å². The Hall–Kier alpha value is -3.22. The fourth-order valence-corrected chi connectivity index (χ4v) is 3.52. The van der Waals surface area contributed by atoms with Crippen molar-refractivity contribution in [1.29, 1.82) is 0 Å². The number of benzene rings is 2. The van der Waals surface area contributed by atoms with E-state index in [4.69, 9.17) is 9.47 Å². The van der Waals surface area contributed by atoms with E-state index in [2.05, 4.69) is 0 Å². The molecule has 0 aromatic heterocycles.